The Balaban J connectivity index is 2.31. The Labute approximate surface area is 112 Å². The number of nitrogens with zero attached hydrogens (tertiary/aromatic N) is 2. The molecule has 18 heavy (non-hydrogen) atoms. The van der Waals surface area contributed by atoms with Gasteiger partial charge in [-0.3, -0.25) is 9.69 Å². The molecule has 1 saturated heterocycles. The number of rotatable bonds is 2. The summed E-state index contributed by atoms with van der Waals surface area (Å²) in [7, 11) is 1.94. The van der Waals surface area contributed by atoms with Crippen molar-refractivity contribution in [2.45, 2.75) is 19.0 Å². The van der Waals surface area contributed by atoms with Crippen molar-refractivity contribution in [1.82, 2.24) is 4.90 Å². The van der Waals surface area contributed by atoms with Gasteiger partial charge in [0.2, 0.25) is 5.91 Å². The van der Waals surface area contributed by atoms with Gasteiger partial charge in [-0.1, -0.05) is 17.7 Å². The fraction of sp³-hybridized carbons (Fsp3) is 0.462. The lowest BCUT2D eigenvalue weighted by molar-refractivity contribution is -0.126. The molecule has 0 spiro atoms. The third-order valence-corrected chi connectivity index (χ3v) is 3.76. The largest absolute Gasteiger partial charge is 0.328 e. The zero-order valence-corrected chi connectivity index (χ0v) is 11.4. The van der Waals surface area contributed by atoms with Crippen LogP contribution in [0.2, 0.25) is 5.02 Å². The number of carbonyl (C=O) groups excluding carboxylic acids is 1. The van der Waals surface area contributed by atoms with Gasteiger partial charge in [0.1, 0.15) is 6.04 Å². The number of hydrogen-bond acceptors (Lipinski definition) is 3. The normalized spacial score (nSPS) is 25.6. The van der Waals surface area contributed by atoms with Gasteiger partial charge in [-0.2, -0.15) is 0 Å². The Kier molecular flexibility index (Phi) is 3.90. The molecule has 98 valence electrons. The van der Waals surface area contributed by atoms with E-state index in [-0.39, 0.29) is 18.0 Å². The van der Waals surface area contributed by atoms with Crippen molar-refractivity contribution in [2.24, 2.45) is 5.73 Å². The molecule has 0 aliphatic carbocycles. The SMILES string of the molecule is CC1CN(c2cccc(Cl)c2)C(=O)C(CN)N1C. The highest BCUT2D eigenvalue weighted by Crippen LogP contribution is 2.24. The van der Waals surface area contributed by atoms with Crippen molar-refractivity contribution >= 4 is 23.2 Å². The van der Waals surface area contributed by atoms with Crippen molar-refractivity contribution in [3.05, 3.63) is 29.3 Å². The highest BCUT2D eigenvalue weighted by Gasteiger charge is 2.36. The van der Waals surface area contributed by atoms with Crippen LogP contribution in [0.4, 0.5) is 5.69 Å². The fourth-order valence-corrected chi connectivity index (χ4v) is 2.47. The highest BCUT2D eigenvalue weighted by atomic mass is 35.5. The van der Waals surface area contributed by atoms with Gasteiger partial charge in [0.15, 0.2) is 0 Å². The second kappa shape index (κ2) is 5.26. The van der Waals surface area contributed by atoms with E-state index in [9.17, 15) is 4.79 Å². The van der Waals surface area contributed by atoms with E-state index in [4.69, 9.17) is 17.3 Å². The molecule has 1 fully saturated rings. The number of halogens is 1. The second-order valence-electron chi connectivity index (χ2n) is 4.69. The molecule has 0 radical (unpaired) electrons. The Hall–Kier alpha value is -1.10. The van der Waals surface area contributed by atoms with Crippen LogP contribution in [-0.2, 0) is 4.79 Å². The smallest absolute Gasteiger partial charge is 0.245 e. The Morgan fingerprint density at radius 1 is 1.50 bits per heavy atom. The van der Waals surface area contributed by atoms with Crippen LogP contribution in [0.25, 0.3) is 0 Å². The minimum atomic E-state index is -0.257. The second-order valence-corrected chi connectivity index (χ2v) is 5.13. The average molecular weight is 268 g/mol. The maximum absolute atomic E-state index is 12.4. The van der Waals surface area contributed by atoms with E-state index >= 15 is 0 Å². The Morgan fingerprint density at radius 2 is 2.22 bits per heavy atom. The minimum absolute atomic E-state index is 0.0420. The third kappa shape index (κ3) is 2.36. The maximum atomic E-state index is 12.4. The minimum Gasteiger partial charge on any atom is -0.328 e. The van der Waals surface area contributed by atoms with Crippen molar-refractivity contribution in [3.8, 4) is 0 Å². The van der Waals surface area contributed by atoms with Gasteiger partial charge in [0, 0.05) is 29.8 Å². The van der Waals surface area contributed by atoms with Crippen LogP contribution in [0.5, 0.6) is 0 Å². The summed E-state index contributed by atoms with van der Waals surface area (Å²) in [6, 6.07) is 7.38. The Morgan fingerprint density at radius 3 is 2.83 bits per heavy atom. The molecule has 4 nitrogen and oxygen atoms in total. The lowest BCUT2D eigenvalue weighted by Crippen LogP contribution is -2.62. The van der Waals surface area contributed by atoms with Gasteiger partial charge >= 0.3 is 0 Å². The summed E-state index contributed by atoms with van der Waals surface area (Å²) in [6.45, 7) is 3.08. The molecular formula is C13H18ClN3O. The molecule has 1 aromatic carbocycles. The molecule has 2 rings (SSSR count). The van der Waals surface area contributed by atoms with Crippen LogP contribution in [-0.4, -0.2) is 43.0 Å². The number of amides is 1. The van der Waals surface area contributed by atoms with Crippen molar-refractivity contribution < 1.29 is 4.79 Å². The summed E-state index contributed by atoms with van der Waals surface area (Å²) < 4.78 is 0. The summed E-state index contributed by atoms with van der Waals surface area (Å²) in [4.78, 5) is 16.2. The molecule has 1 aromatic rings. The van der Waals surface area contributed by atoms with Gasteiger partial charge in [-0.15, -0.1) is 0 Å². The number of benzene rings is 1. The van der Waals surface area contributed by atoms with Gasteiger partial charge in [-0.25, -0.2) is 0 Å². The van der Waals surface area contributed by atoms with E-state index in [2.05, 4.69) is 6.92 Å². The summed E-state index contributed by atoms with van der Waals surface area (Å²) in [6.07, 6.45) is 0. The van der Waals surface area contributed by atoms with E-state index in [1.165, 1.54) is 0 Å². The standard InChI is InChI=1S/C13H18ClN3O/c1-9-8-17(11-5-3-4-10(14)6-11)13(18)12(7-15)16(9)2/h3-6,9,12H,7-8,15H2,1-2H3. The summed E-state index contributed by atoms with van der Waals surface area (Å²) in [5.41, 5.74) is 6.54. The molecule has 1 aliphatic rings. The van der Waals surface area contributed by atoms with Crippen molar-refractivity contribution in [3.63, 3.8) is 0 Å². The first-order valence-corrected chi connectivity index (χ1v) is 6.41. The number of likely N-dealkylation sites (N-methyl/N-ethyl adjacent to an activating group) is 1. The summed E-state index contributed by atoms with van der Waals surface area (Å²) in [5, 5.41) is 0.635. The molecule has 2 N–H and O–H groups in total. The fourth-order valence-electron chi connectivity index (χ4n) is 2.29. The van der Waals surface area contributed by atoms with Crippen LogP contribution in [0.15, 0.2) is 24.3 Å². The van der Waals surface area contributed by atoms with Gasteiger partial charge in [0.05, 0.1) is 0 Å². The van der Waals surface area contributed by atoms with Gasteiger partial charge < -0.3 is 10.6 Å². The summed E-state index contributed by atoms with van der Waals surface area (Å²) in [5.74, 6) is 0.0420. The van der Waals surface area contributed by atoms with Crippen LogP contribution < -0.4 is 10.6 Å². The molecule has 0 bridgehead atoms. The van der Waals surface area contributed by atoms with Crippen molar-refractivity contribution in [2.75, 3.05) is 25.0 Å². The molecule has 1 aliphatic heterocycles. The van der Waals surface area contributed by atoms with Gasteiger partial charge in [0.25, 0.3) is 0 Å². The van der Waals surface area contributed by atoms with E-state index in [0.29, 0.717) is 18.1 Å². The third-order valence-electron chi connectivity index (χ3n) is 3.53. The summed E-state index contributed by atoms with van der Waals surface area (Å²) >= 11 is 5.97. The highest BCUT2D eigenvalue weighted by molar-refractivity contribution is 6.30. The van der Waals surface area contributed by atoms with Gasteiger partial charge in [-0.05, 0) is 32.2 Å². The molecule has 0 aromatic heterocycles. The molecule has 0 saturated carbocycles. The zero-order valence-electron chi connectivity index (χ0n) is 10.6. The van der Waals surface area contributed by atoms with E-state index in [1.807, 2.05) is 30.1 Å². The van der Waals surface area contributed by atoms with Crippen LogP contribution in [0, 0.1) is 0 Å². The van der Waals surface area contributed by atoms with E-state index in [1.54, 1.807) is 11.0 Å². The maximum Gasteiger partial charge on any atom is 0.245 e. The number of nitrogens with two attached hydrogens (primary N) is 1. The van der Waals surface area contributed by atoms with Crippen LogP contribution in [0.3, 0.4) is 0 Å². The number of carbonyl (C=O) groups is 1. The topological polar surface area (TPSA) is 49.6 Å². The lowest BCUT2D eigenvalue weighted by atomic mass is 10.1. The molecule has 2 atom stereocenters. The molecule has 1 amide bonds. The molecule has 1 heterocycles. The van der Waals surface area contributed by atoms with E-state index < -0.39 is 0 Å². The van der Waals surface area contributed by atoms with Crippen LogP contribution >= 0.6 is 11.6 Å². The monoisotopic (exact) mass is 267 g/mol. The predicted molar refractivity (Wildman–Crippen MR) is 73.9 cm³/mol. The quantitative estimate of drug-likeness (QED) is 0.880. The molecular weight excluding hydrogens is 250 g/mol. The van der Waals surface area contributed by atoms with Crippen LogP contribution in [0.1, 0.15) is 6.92 Å². The Bertz CT molecular complexity index is 452. The van der Waals surface area contributed by atoms with Crippen molar-refractivity contribution in [1.29, 1.82) is 0 Å². The first kappa shape index (κ1) is 13.3. The average Bonchev–Trinajstić information content (AvgIpc) is 2.34. The zero-order chi connectivity index (χ0) is 13.3. The molecule has 5 heteroatoms. The number of hydrogen-bond donors (Lipinski definition) is 1. The molecule has 2 unspecified atom stereocenters. The first-order valence-electron chi connectivity index (χ1n) is 6.03. The lowest BCUT2D eigenvalue weighted by Gasteiger charge is -2.42. The number of anilines is 1. The van der Waals surface area contributed by atoms with E-state index in [0.717, 1.165) is 5.69 Å². The first-order chi connectivity index (χ1) is 8.54. The number of piperazine rings is 1. The predicted octanol–water partition coefficient (Wildman–Crippen LogP) is 1.33.